The molecule has 6 nitrogen and oxygen atoms in total. The van der Waals surface area contributed by atoms with Crippen LogP contribution in [0.1, 0.15) is 25.8 Å². The molecule has 1 atom stereocenters. The van der Waals surface area contributed by atoms with Gasteiger partial charge in [0.15, 0.2) is 0 Å². The zero-order valence-corrected chi connectivity index (χ0v) is 16.5. The van der Waals surface area contributed by atoms with E-state index in [1.165, 1.54) is 11.1 Å². The third kappa shape index (κ3) is 5.31. The zero-order valence-electron chi connectivity index (χ0n) is 16.5. The summed E-state index contributed by atoms with van der Waals surface area (Å²) in [4.78, 5) is 18.5. The molecule has 2 aliphatic rings. The number of carbonyl (C=O) groups is 1. The lowest BCUT2D eigenvalue weighted by atomic mass is 10.1. The fraction of sp³-hybridized carbons (Fsp3) is 0.571. The first kappa shape index (κ1) is 19.9. The van der Waals surface area contributed by atoms with Crippen molar-refractivity contribution in [1.82, 2.24) is 15.1 Å². The molecule has 1 aromatic rings. The summed E-state index contributed by atoms with van der Waals surface area (Å²) in [7, 11) is 0. The van der Waals surface area contributed by atoms with Gasteiger partial charge in [0.25, 0.3) is 0 Å². The second kappa shape index (κ2) is 9.35. The van der Waals surface area contributed by atoms with Crippen molar-refractivity contribution in [2.75, 3.05) is 50.8 Å². The first-order chi connectivity index (χ1) is 13.1. The molecule has 2 fully saturated rings. The molecule has 0 saturated carbocycles. The molecule has 2 heterocycles. The number of urea groups is 1. The molecule has 0 aliphatic carbocycles. The van der Waals surface area contributed by atoms with Crippen molar-refractivity contribution >= 4 is 11.7 Å². The Bertz CT molecular complexity index is 655. The molecule has 3 rings (SSSR count). The number of carbonyl (C=O) groups excluding carboxylic acids is 1. The highest BCUT2D eigenvalue weighted by Crippen LogP contribution is 2.20. The van der Waals surface area contributed by atoms with Gasteiger partial charge in [-0.25, -0.2) is 4.79 Å². The highest BCUT2D eigenvalue weighted by molar-refractivity contribution is 5.93. The van der Waals surface area contributed by atoms with Crippen LogP contribution in [0.4, 0.5) is 10.5 Å². The van der Waals surface area contributed by atoms with E-state index in [4.69, 9.17) is 0 Å². The minimum atomic E-state index is -0.0120. The average Bonchev–Trinajstić information content (AvgIpc) is 3.08. The Morgan fingerprint density at radius 3 is 2.63 bits per heavy atom. The van der Waals surface area contributed by atoms with Crippen molar-refractivity contribution in [1.29, 1.82) is 0 Å². The first-order valence-corrected chi connectivity index (χ1v) is 9.92. The summed E-state index contributed by atoms with van der Waals surface area (Å²) in [6, 6.07) is 8.70. The van der Waals surface area contributed by atoms with Gasteiger partial charge in [-0.1, -0.05) is 23.8 Å². The minimum absolute atomic E-state index is 0.0120. The van der Waals surface area contributed by atoms with Crippen LogP contribution in [0.3, 0.4) is 0 Å². The van der Waals surface area contributed by atoms with Gasteiger partial charge in [0.1, 0.15) is 0 Å². The molecule has 148 valence electrons. The molecule has 2 aliphatic heterocycles. The second-order valence-corrected chi connectivity index (χ2v) is 7.73. The zero-order chi connectivity index (χ0) is 19.2. The fourth-order valence-electron chi connectivity index (χ4n) is 3.82. The molecule has 6 heteroatoms. The van der Waals surface area contributed by atoms with Crippen molar-refractivity contribution in [3.8, 4) is 0 Å². The number of nitrogens with zero attached hydrogens (tertiary/aromatic N) is 3. The number of hydrogen-bond donors (Lipinski definition) is 2. The number of piperazine rings is 1. The standard InChI is InChI=1S/C21H32N4O2/c1-17(2)7-10-24-13-12-23(16-20(24)8-14-26)15-18-3-5-19(6-4-18)25-11-9-22-21(25)27/h3-7,20,26H,8-16H2,1-2H3,(H,22,27). The average molecular weight is 373 g/mol. The summed E-state index contributed by atoms with van der Waals surface area (Å²) in [5.74, 6) is 0. The Morgan fingerprint density at radius 1 is 1.22 bits per heavy atom. The highest BCUT2D eigenvalue weighted by Gasteiger charge is 2.26. The van der Waals surface area contributed by atoms with Gasteiger partial charge in [-0.2, -0.15) is 0 Å². The Morgan fingerprint density at radius 2 is 2.00 bits per heavy atom. The van der Waals surface area contributed by atoms with E-state index >= 15 is 0 Å². The summed E-state index contributed by atoms with van der Waals surface area (Å²) < 4.78 is 0. The Labute approximate surface area is 162 Å². The van der Waals surface area contributed by atoms with Crippen LogP contribution < -0.4 is 10.2 Å². The van der Waals surface area contributed by atoms with E-state index in [2.05, 4.69) is 47.2 Å². The van der Waals surface area contributed by atoms with Crippen molar-refractivity contribution in [3.05, 3.63) is 41.5 Å². The summed E-state index contributed by atoms with van der Waals surface area (Å²) in [5, 5.41) is 12.3. The summed E-state index contributed by atoms with van der Waals surface area (Å²) in [6.45, 7) is 10.9. The number of anilines is 1. The van der Waals surface area contributed by atoms with E-state index in [-0.39, 0.29) is 12.6 Å². The maximum Gasteiger partial charge on any atom is 0.321 e. The predicted octanol–water partition coefficient (Wildman–Crippen LogP) is 2.05. The van der Waals surface area contributed by atoms with Gasteiger partial charge in [0, 0.05) is 64.1 Å². The Balaban J connectivity index is 1.57. The topological polar surface area (TPSA) is 59.0 Å². The number of rotatable bonds is 7. The molecular formula is C21H32N4O2. The van der Waals surface area contributed by atoms with E-state index in [0.717, 1.165) is 51.4 Å². The lowest BCUT2D eigenvalue weighted by Crippen LogP contribution is -2.53. The van der Waals surface area contributed by atoms with Crippen LogP contribution in [0.25, 0.3) is 0 Å². The van der Waals surface area contributed by atoms with Gasteiger partial charge >= 0.3 is 6.03 Å². The third-order valence-corrected chi connectivity index (χ3v) is 5.40. The fourth-order valence-corrected chi connectivity index (χ4v) is 3.82. The van der Waals surface area contributed by atoms with E-state index in [0.29, 0.717) is 12.6 Å². The quantitative estimate of drug-likeness (QED) is 0.720. The third-order valence-electron chi connectivity index (χ3n) is 5.40. The molecule has 2 saturated heterocycles. The van der Waals surface area contributed by atoms with Gasteiger partial charge in [0.05, 0.1) is 0 Å². The number of allylic oxidation sites excluding steroid dienone is 1. The normalized spacial score (nSPS) is 21.4. The second-order valence-electron chi connectivity index (χ2n) is 7.73. The van der Waals surface area contributed by atoms with Crippen LogP contribution in [-0.4, -0.2) is 72.9 Å². The molecule has 0 bridgehead atoms. The smallest absolute Gasteiger partial charge is 0.321 e. The first-order valence-electron chi connectivity index (χ1n) is 9.92. The monoisotopic (exact) mass is 372 g/mol. The van der Waals surface area contributed by atoms with E-state index in [1.54, 1.807) is 4.90 Å². The number of hydrogen-bond acceptors (Lipinski definition) is 4. The summed E-state index contributed by atoms with van der Waals surface area (Å²) in [5.41, 5.74) is 3.56. The summed E-state index contributed by atoms with van der Waals surface area (Å²) in [6.07, 6.45) is 3.09. The minimum Gasteiger partial charge on any atom is -0.396 e. The van der Waals surface area contributed by atoms with Crippen molar-refractivity contribution < 1.29 is 9.90 Å². The van der Waals surface area contributed by atoms with Crippen LogP contribution in [0.5, 0.6) is 0 Å². The van der Waals surface area contributed by atoms with E-state index in [1.807, 2.05) is 12.1 Å². The van der Waals surface area contributed by atoms with Gasteiger partial charge in [-0.15, -0.1) is 0 Å². The van der Waals surface area contributed by atoms with Gasteiger partial charge in [0.2, 0.25) is 0 Å². The van der Waals surface area contributed by atoms with Crippen LogP contribution >= 0.6 is 0 Å². The van der Waals surface area contributed by atoms with E-state index < -0.39 is 0 Å². The number of nitrogens with one attached hydrogen (secondary N) is 1. The van der Waals surface area contributed by atoms with Crippen LogP contribution in [-0.2, 0) is 6.54 Å². The van der Waals surface area contributed by atoms with Gasteiger partial charge in [-0.05, 0) is 38.0 Å². The van der Waals surface area contributed by atoms with Crippen molar-refractivity contribution in [2.45, 2.75) is 32.9 Å². The molecule has 2 amide bonds. The van der Waals surface area contributed by atoms with Gasteiger partial charge < -0.3 is 10.4 Å². The Hall–Kier alpha value is -1.89. The largest absolute Gasteiger partial charge is 0.396 e. The van der Waals surface area contributed by atoms with Crippen LogP contribution in [0.15, 0.2) is 35.9 Å². The molecule has 0 spiro atoms. The molecule has 1 unspecified atom stereocenters. The number of amides is 2. The molecule has 27 heavy (non-hydrogen) atoms. The van der Waals surface area contributed by atoms with Crippen LogP contribution in [0, 0.1) is 0 Å². The maximum atomic E-state index is 11.8. The molecular weight excluding hydrogens is 340 g/mol. The van der Waals surface area contributed by atoms with Crippen molar-refractivity contribution in [3.63, 3.8) is 0 Å². The number of aliphatic hydroxyl groups is 1. The number of aliphatic hydroxyl groups excluding tert-OH is 1. The van der Waals surface area contributed by atoms with Crippen molar-refractivity contribution in [2.24, 2.45) is 0 Å². The van der Waals surface area contributed by atoms with Gasteiger partial charge in [-0.3, -0.25) is 14.7 Å². The SMILES string of the molecule is CC(C)=CCN1CCN(Cc2ccc(N3CCNC3=O)cc2)CC1CCO. The summed E-state index contributed by atoms with van der Waals surface area (Å²) >= 11 is 0. The van der Waals surface area contributed by atoms with E-state index in [9.17, 15) is 9.90 Å². The maximum absolute atomic E-state index is 11.8. The molecule has 1 aromatic carbocycles. The highest BCUT2D eigenvalue weighted by atomic mass is 16.3. The lowest BCUT2D eigenvalue weighted by molar-refractivity contribution is 0.0637. The molecule has 0 aromatic heterocycles. The Kier molecular flexibility index (Phi) is 6.88. The molecule has 0 radical (unpaired) electrons. The lowest BCUT2D eigenvalue weighted by Gasteiger charge is -2.41. The van der Waals surface area contributed by atoms with Crippen LogP contribution in [0.2, 0.25) is 0 Å². The number of benzene rings is 1. The predicted molar refractivity (Wildman–Crippen MR) is 109 cm³/mol. The molecule has 2 N–H and O–H groups in total.